The highest BCUT2D eigenvalue weighted by molar-refractivity contribution is 7.98. The molecule has 192 valence electrons. The Morgan fingerprint density at radius 1 is 0.892 bits per heavy atom. The lowest BCUT2D eigenvalue weighted by atomic mass is 9.98. The summed E-state index contributed by atoms with van der Waals surface area (Å²) in [6, 6.07) is 19.2. The lowest BCUT2D eigenvalue weighted by Crippen LogP contribution is -2.07. The highest BCUT2D eigenvalue weighted by atomic mass is 32.2. The maximum atomic E-state index is 13.0. The fourth-order valence-electron chi connectivity index (χ4n) is 3.74. The number of carbonyl (C=O) groups is 3. The van der Waals surface area contributed by atoms with Crippen LogP contribution < -0.4 is 4.74 Å². The molecule has 0 spiro atoms. The molecule has 0 amide bonds. The number of hydrogen-bond donors (Lipinski definition) is 2. The Kier molecular flexibility index (Phi) is 10.5. The van der Waals surface area contributed by atoms with Crippen molar-refractivity contribution >= 4 is 35.6 Å². The first-order chi connectivity index (χ1) is 17.9. The van der Waals surface area contributed by atoms with E-state index in [-0.39, 0.29) is 29.8 Å². The summed E-state index contributed by atoms with van der Waals surface area (Å²) in [5.74, 6) is -1.82. The standard InChI is InChI=1S/C30H30O6S/c1-37-26-14-10-21(11-15-26)7-4-2-3-5-18-36-27-16-12-24(19-22(27)13-17-28(31)32)29(33)23-8-6-9-25(20-23)30(34)35/h4,6-12,14-16,19-20H,2-3,5,13,17-18H2,1H3,(H,31,32)(H,34,35). The van der Waals surface area contributed by atoms with Crippen molar-refractivity contribution in [3.8, 4) is 5.75 Å². The molecule has 0 saturated heterocycles. The van der Waals surface area contributed by atoms with Gasteiger partial charge in [-0.2, -0.15) is 0 Å². The van der Waals surface area contributed by atoms with Crippen LogP contribution in [-0.2, 0) is 11.2 Å². The monoisotopic (exact) mass is 518 g/mol. The molecule has 0 heterocycles. The Balaban J connectivity index is 1.59. The Morgan fingerprint density at radius 2 is 1.62 bits per heavy atom. The highest BCUT2D eigenvalue weighted by Crippen LogP contribution is 2.24. The lowest BCUT2D eigenvalue weighted by Gasteiger charge is -2.13. The number of ketones is 1. The van der Waals surface area contributed by atoms with Crippen LogP contribution in [0.15, 0.2) is 77.7 Å². The number of carbonyl (C=O) groups excluding carboxylic acids is 1. The molecule has 0 aliphatic carbocycles. The van der Waals surface area contributed by atoms with E-state index in [9.17, 15) is 19.5 Å². The summed E-state index contributed by atoms with van der Waals surface area (Å²) in [7, 11) is 0. The van der Waals surface area contributed by atoms with Crippen LogP contribution in [0.5, 0.6) is 5.75 Å². The largest absolute Gasteiger partial charge is 0.493 e. The third-order valence-corrected chi connectivity index (χ3v) is 6.49. The molecular formula is C30H30O6S. The SMILES string of the molecule is CSc1ccc(C=CCCCCOc2ccc(C(=O)c3cccc(C(=O)O)c3)cc2CCC(=O)O)cc1. The topological polar surface area (TPSA) is 101 Å². The first-order valence-corrected chi connectivity index (χ1v) is 13.3. The van der Waals surface area contributed by atoms with Crippen LogP contribution in [0.3, 0.4) is 0 Å². The molecule has 0 fully saturated rings. The second kappa shape index (κ2) is 14.0. The maximum Gasteiger partial charge on any atom is 0.335 e. The first-order valence-electron chi connectivity index (χ1n) is 12.0. The van der Waals surface area contributed by atoms with Gasteiger partial charge < -0.3 is 14.9 Å². The molecule has 6 nitrogen and oxygen atoms in total. The normalized spacial score (nSPS) is 10.9. The average Bonchev–Trinajstić information content (AvgIpc) is 2.91. The van der Waals surface area contributed by atoms with E-state index < -0.39 is 11.9 Å². The zero-order chi connectivity index (χ0) is 26.6. The fraction of sp³-hybridized carbons (Fsp3) is 0.233. The highest BCUT2D eigenvalue weighted by Gasteiger charge is 2.15. The van der Waals surface area contributed by atoms with Gasteiger partial charge >= 0.3 is 11.9 Å². The molecule has 0 bridgehead atoms. The second-order valence-corrected chi connectivity index (χ2v) is 9.33. The van der Waals surface area contributed by atoms with Crippen molar-refractivity contribution in [3.63, 3.8) is 0 Å². The lowest BCUT2D eigenvalue weighted by molar-refractivity contribution is -0.136. The smallest absolute Gasteiger partial charge is 0.335 e. The number of unbranched alkanes of at least 4 members (excludes halogenated alkanes) is 2. The molecule has 2 N–H and O–H groups in total. The predicted octanol–water partition coefficient (Wildman–Crippen LogP) is 6.62. The summed E-state index contributed by atoms with van der Waals surface area (Å²) in [4.78, 5) is 36.6. The molecule has 3 rings (SSSR count). The molecule has 0 saturated carbocycles. The van der Waals surface area contributed by atoms with Crippen molar-refractivity contribution in [1.82, 2.24) is 0 Å². The van der Waals surface area contributed by atoms with Gasteiger partial charge in [0.15, 0.2) is 5.78 Å². The van der Waals surface area contributed by atoms with E-state index in [0.29, 0.717) is 23.5 Å². The number of aromatic carboxylic acids is 1. The van der Waals surface area contributed by atoms with Crippen molar-refractivity contribution in [2.24, 2.45) is 0 Å². The van der Waals surface area contributed by atoms with Crippen LogP contribution in [-0.4, -0.2) is 40.8 Å². The summed E-state index contributed by atoms with van der Waals surface area (Å²) in [5.41, 5.74) is 2.44. The van der Waals surface area contributed by atoms with E-state index in [1.165, 1.54) is 28.7 Å². The van der Waals surface area contributed by atoms with Gasteiger partial charge in [-0.05, 0) is 85.5 Å². The number of carboxylic acids is 2. The molecule has 0 aliphatic rings. The fourth-order valence-corrected chi connectivity index (χ4v) is 4.15. The number of rotatable bonds is 14. The molecule has 3 aromatic rings. The van der Waals surface area contributed by atoms with Crippen molar-refractivity contribution in [2.75, 3.05) is 12.9 Å². The van der Waals surface area contributed by atoms with Gasteiger partial charge in [-0.3, -0.25) is 9.59 Å². The van der Waals surface area contributed by atoms with Crippen LogP contribution in [0.1, 0.15) is 63.1 Å². The van der Waals surface area contributed by atoms with Gasteiger partial charge in [0, 0.05) is 22.4 Å². The van der Waals surface area contributed by atoms with E-state index in [4.69, 9.17) is 9.84 Å². The number of allylic oxidation sites excluding steroid dienone is 1. The molecule has 0 aliphatic heterocycles. The Labute approximate surface area is 221 Å². The number of carboxylic acid groups (broad SMARTS) is 2. The van der Waals surface area contributed by atoms with Crippen LogP contribution in [0, 0.1) is 0 Å². The van der Waals surface area contributed by atoms with Crippen LogP contribution >= 0.6 is 11.8 Å². The predicted molar refractivity (Wildman–Crippen MR) is 146 cm³/mol. The zero-order valence-electron chi connectivity index (χ0n) is 20.7. The van der Waals surface area contributed by atoms with Crippen LogP contribution in [0.2, 0.25) is 0 Å². The van der Waals surface area contributed by atoms with Gasteiger partial charge in [-0.1, -0.05) is 36.4 Å². The van der Waals surface area contributed by atoms with Crippen molar-refractivity contribution in [2.45, 2.75) is 37.0 Å². The van der Waals surface area contributed by atoms with E-state index in [1.54, 1.807) is 36.0 Å². The Hall–Kier alpha value is -3.84. The maximum absolute atomic E-state index is 13.0. The van der Waals surface area contributed by atoms with Crippen molar-refractivity contribution < 1.29 is 29.3 Å². The van der Waals surface area contributed by atoms with Gasteiger partial charge in [-0.15, -0.1) is 11.8 Å². The first kappa shape index (κ1) is 27.7. The van der Waals surface area contributed by atoms with E-state index >= 15 is 0 Å². The minimum absolute atomic E-state index is 0.0280. The molecule has 0 aromatic heterocycles. The van der Waals surface area contributed by atoms with Crippen LogP contribution in [0.25, 0.3) is 6.08 Å². The van der Waals surface area contributed by atoms with Gasteiger partial charge in [0.1, 0.15) is 5.75 Å². The quantitative estimate of drug-likeness (QED) is 0.141. The zero-order valence-corrected chi connectivity index (χ0v) is 21.5. The molecule has 0 unspecified atom stereocenters. The third-order valence-electron chi connectivity index (χ3n) is 5.75. The minimum atomic E-state index is -1.11. The number of thioether (sulfide) groups is 1. The molecule has 7 heteroatoms. The van der Waals surface area contributed by atoms with Crippen molar-refractivity contribution in [1.29, 1.82) is 0 Å². The van der Waals surface area contributed by atoms with E-state index in [2.05, 4.69) is 42.7 Å². The summed E-state index contributed by atoms with van der Waals surface area (Å²) in [6.07, 6.45) is 9.13. The molecular weight excluding hydrogens is 488 g/mol. The molecule has 0 radical (unpaired) electrons. The van der Waals surface area contributed by atoms with Gasteiger partial charge in [-0.25, -0.2) is 4.79 Å². The third kappa shape index (κ3) is 8.65. The van der Waals surface area contributed by atoms with Gasteiger partial charge in [0.25, 0.3) is 0 Å². The van der Waals surface area contributed by atoms with Gasteiger partial charge in [0.05, 0.1) is 12.2 Å². The summed E-state index contributed by atoms with van der Waals surface area (Å²) in [6.45, 7) is 0.476. The van der Waals surface area contributed by atoms with Gasteiger partial charge in [0.2, 0.25) is 0 Å². The van der Waals surface area contributed by atoms with Crippen LogP contribution in [0.4, 0.5) is 0 Å². The van der Waals surface area contributed by atoms with Crippen molar-refractivity contribution in [3.05, 3.63) is 101 Å². The number of hydrogen-bond acceptors (Lipinski definition) is 5. The van der Waals surface area contributed by atoms with E-state index in [0.717, 1.165) is 19.3 Å². The minimum Gasteiger partial charge on any atom is -0.493 e. The number of aryl methyl sites for hydroxylation is 1. The Morgan fingerprint density at radius 3 is 2.32 bits per heavy atom. The molecule has 37 heavy (non-hydrogen) atoms. The van der Waals surface area contributed by atoms with E-state index in [1.807, 2.05) is 0 Å². The number of benzene rings is 3. The number of aliphatic carboxylic acids is 1. The molecule has 3 aromatic carbocycles. The number of ether oxygens (including phenoxy) is 1. The summed E-state index contributed by atoms with van der Waals surface area (Å²) >= 11 is 1.72. The average molecular weight is 519 g/mol. The summed E-state index contributed by atoms with van der Waals surface area (Å²) < 4.78 is 5.94. The Bertz CT molecular complexity index is 1260. The summed E-state index contributed by atoms with van der Waals surface area (Å²) in [5, 5.41) is 18.3. The molecule has 0 atom stereocenters. The second-order valence-electron chi connectivity index (χ2n) is 8.45.